The molecular formula is C20H33O7P2-3. The molecule has 0 N–H and O–H groups in total. The van der Waals surface area contributed by atoms with Crippen molar-refractivity contribution < 1.29 is 32.6 Å². The molecule has 1 unspecified atom stereocenters. The first kappa shape index (κ1) is 25.0. The fraction of sp³-hybridized carbons (Fsp3) is 0.800. The van der Waals surface area contributed by atoms with Gasteiger partial charge < -0.3 is 23.8 Å². The number of hydrogen-bond donors (Lipinski definition) is 0. The first-order valence-electron chi connectivity index (χ1n) is 10.2. The van der Waals surface area contributed by atoms with E-state index in [0.29, 0.717) is 17.3 Å². The average molecular weight is 447 g/mol. The Morgan fingerprint density at radius 3 is 2.52 bits per heavy atom. The highest BCUT2D eigenvalue weighted by atomic mass is 31.3. The SMILES string of the molecule is C=C1CC[C@@H]2C(C)(C)CCC[C@]2(C)[C@@H]1CC/C(C)=C/COP(=O)([O-])OP(=O)([O-])[O-]. The van der Waals surface area contributed by atoms with Crippen LogP contribution in [0.4, 0.5) is 0 Å². The minimum atomic E-state index is -5.65. The van der Waals surface area contributed by atoms with Gasteiger partial charge in [-0.25, -0.2) is 0 Å². The van der Waals surface area contributed by atoms with Gasteiger partial charge in [-0.3, -0.25) is 8.88 Å². The van der Waals surface area contributed by atoms with Gasteiger partial charge >= 0.3 is 0 Å². The molecule has 0 radical (unpaired) electrons. The van der Waals surface area contributed by atoms with Crippen molar-refractivity contribution >= 4 is 15.6 Å². The summed E-state index contributed by atoms with van der Waals surface area (Å²) in [7, 11) is -10.8. The molecule has 0 heterocycles. The zero-order valence-electron chi connectivity index (χ0n) is 17.8. The van der Waals surface area contributed by atoms with Crippen LogP contribution in [-0.2, 0) is 18.0 Å². The summed E-state index contributed by atoms with van der Waals surface area (Å²) in [6, 6.07) is 0. The standard InChI is InChI=1S/C20H36O7P2/c1-15(11-14-26-29(24,25)27-28(21,22)23)7-9-17-16(2)8-10-18-19(3,4)12-6-13-20(17,18)5/h11,17-18H,2,6-10,12-14H2,1,3-5H3,(H,24,25)(H2,21,22,23)/p-3/b15-11+/t17-,18-,20-/m1/s1. The Kier molecular flexibility index (Phi) is 7.83. The number of fused-ring (bicyclic) bond motifs is 1. The molecule has 2 rings (SSSR count). The fourth-order valence-corrected chi connectivity index (χ4v) is 7.12. The maximum Gasteiger partial charge on any atom is 0.272 e. The Morgan fingerprint density at radius 2 is 1.90 bits per heavy atom. The van der Waals surface area contributed by atoms with Crippen LogP contribution in [0.2, 0.25) is 0 Å². The molecule has 0 aromatic carbocycles. The highest BCUT2D eigenvalue weighted by Crippen LogP contribution is 2.61. The van der Waals surface area contributed by atoms with Crippen LogP contribution in [0.3, 0.4) is 0 Å². The van der Waals surface area contributed by atoms with Gasteiger partial charge in [0.2, 0.25) is 0 Å². The third-order valence-electron chi connectivity index (χ3n) is 7.01. The van der Waals surface area contributed by atoms with Crippen LogP contribution < -0.4 is 14.7 Å². The van der Waals surface area contributed by atoms with Gasteiger partial charge in [0.15, 0.2) is 0 Å². The molecular weight excluding hydrogens is 414 g/mol. The minimum absolute atomic E-state index is 0.232. The lowest BCUT2D eigenvalue weighted by molar-refractivity contribution is -0.339. The van der Waals surface area contributed by atoms with Crippen LogP contribution in [0.25, 0.3) is 0 Å². The molecule has 0 aromatic heterocycles. The summed E-state index contributed by atoms with van der Waals surface area (Å²) in [5.74, 6) is 1.09. The quantitative estimate of drug-likeness (QED) is 0.409. The molecule has 168 valence electrons. The first-order valence-corrected chi connectivity index (χ1v) is 13.1. The summed E-state index contributed by atoms with van der Waals surface area (Å²) in [4.78, 5) is 32.1. The van der Waals surface area contributed by atoms with Crippen molar-refractivity contribution in [2.24, 2.45) is 22.7 Å². The predicted molar refractivity (Wildman–Crippen MR) is 106 cm³/mol. The third kappa shape index (κ3) is 6.61. The zero-order chi connectivity index (χ0) is 22.1. The monoisotopic (exact) mass is 447 g/mol. The number of phosphoric acid groups is 2. The van der Waals surface area contributed by atoms with E-state index in [9.17, 15) is 23.8 Å². The topological polar surface area (TPSA) is 122 Å². The van der Waals surface area contributed by atoms with Gasteiger partial charge in [-0.15, -0.1) is 0 Å². The predicted octanol–water partition coefficient (Wildman–Crippen LogP) is 3.84. The van der Waals surface area contributed by atoms with Gasteiger partial charge in [0, 0.05) is 0 Å². The van der Waals surface area contributed by atoms with Crippen molar-refractivity contribution in [3.63, 3.8) is 0 Å². The Hall–Kier alpha value is -0.260. The summed E-state index contributed by atoms with van der Waals surface area (Å²) in [6.45, 7) is 13.0. The summed E-state index contributed by atoms with van der Waals surface area (Å²) in [5, 5.41) is 0. The first-order chi connectivity index (χ1) is 13.2. The van der Waals surface area contributed by atoms with Crippen molar-refractivity contribution in [3.8, 4) is 0 Å². The Morgan fingerprint density at radius 1 is 1.24 bits per heavy atom. The Balaban J connectivity index is 1.97. The van der Waals surface area contributed by atoms with Gasteiger partial charge in [0.25, 0.3) is 7.82 Å². The van der Waals surface area contributed by atoms with Crippen molar-refractivity contribution in [1.82, 2.24) is 0 Å². The highest BCUT2D eigenvalue weighted by Gasteiger charge is 2.52. The summed E-state index contributed by atoms with van der Waals surface area (Å²) < 4.78 is 29.6. The van der Waals surface area contributed by atoms with E-state index in [1.54, 1.807) is 6.08 Å². The molecule has 0 amide bonds. The Bertz CT molecular complexity index is 739. The van der Waals surface area contributed by atoms with Crippen LogP contribution in [0.15, 0.2) is 23.8 Å². The van der Waals surface area contributed by atoms with E-state index in [2.05, 4.69) is 36.2 Å². The smallest absolute Gasteiger partial charge is 0.272 e. The van der Waals surface area contributed by atoms with E-state index >= 15 is 0 Å². The normalized spacial score (nSPS) is 32.5. The fourth-order valence-electron chi connectivity index (χ4n) is 5.70. The molecule has 2 fully saturated rings. The molecule has 4 atom stereocenters. The average Bonchev–Trinajstić information content (AvgIpc) is 2.50. The lowest BCUT2D eigenvalue weighted by atomic mass is 9.47. The lowest BCUT2D eigenvalue weighted by Crippen LogP contribution is -2.49. The van der Waals surface area contributed by atoms with E-state index in [0.717, 1.165) is 24.8 Å². The van der Waals surface area contributed by atoms with Crippen LogP contribution in [-0.4, -0.2) is 6.61 Å². The highest BCUT2D eigenvalue weighted by molar-refractivity contribution is 7.58. The molecule has 0 saturated heterocycles. The second kappa shape index (κ2) is 9.08. The van der Waals surface area contributed by atoms with Crippen molar-refractivity contribution in [1.29, 1.82) is 0 Å². The number of rotatable bonds is 8. The second-order valence-electron chi connectivity index (χ2n) is 9.51. The van der Waals surface area contributed by atoms with Crippen LogP contribution >= 0.6 is 15.6 Å². The molecule has 0 aromatic rings. The largest absolute Gasteiger partial charge is 0.790 e. The van der Waals surface area contributed by atoms with Crippen LogP contribution in [0, 0.1) is 22.7 Å². The third-order valence-corrected chi connectivity index (χ3v) is 9.08. The molecule has 2 aliphatic rings. The van der Waals surface area contributed by atoms with Crippen molar-refractivity contribution in [3.05, 3.63) is 23.8 Å². The van der Waals surface area contributed by atoms with Crippen LogP contribution in [0.5, 0.6) is 0 Å². The molecule has 2 saturated carbocycles. The van der Waals surface area contributed by atoms with E-state index in [1.165, 1.54) is 31.3 Å². The van der Waals surface area contributed by atoms with Crippen LogP contribution in [0.1, 0.15) is 72.6 Å². The summed E-state index contributed by atoms with van der Waals surface area (Å²) in [6.07, 6.45) is 9.23. The van der Waals surface area contributed by atoms with E-state index in [4.69, 9.17) is 0 Å². The van der Waals surface area contributed by atoms with E-state index in [-0.39, 0.29) is 12.0 Å². The molecule has 0 bridgehead atoms. The van der Waals surface area contributed by atoms with E-state index in [1.807, 2.05) is 6.92 Å². The Labute approximate surface area is 174 Å². The molecule has 9 heteroatoms. The summed E-state index contributed by atoms with van der Waals surface area (Å²) >= 11 is 0. The maximum atomic E-state index is 11.3. The minimum Gasteiger partial charge on any atom is -0.790 e. The zero-order valence-corrected chi connectivity index (χ0v) is 19.6. The molecule has 29 heavy (non-hydrogen) atoms. The summed E-state index contributed by atoms with van der Waals surface area (Å²) in [5.41, 5.74) is 2.81. The van der Waals surface area contributed by atoms with Gasteiger partial charge in [0.05, 0.1) is 14.4 Å². The molecule has 7 nitrogen and oxygen atoms in total. The van der Waals surface area contributed by atoms with Crippen molar-refractivity contribution in [2.75, 3.05) is 6.61 Å². The number of hydrogen-bond acceptors (Lipinski definition) is 7. The molecule has 0 spiro atoms. The van der Waals surface area contributed by atoms with Gasteiger partial charge in [-0.1, -0.05) is 51.0 Å². The van der Waals surface area contributed by atoms with Gasteiger partial charge in [-0.05, 0) is 68.1 Å². The molecule has 0 aliphatic heterocycles. The molecule has 2 aliphatic carbocycles. The van der Waals surface area contributed by atoms with Crippen molar-refractivity contribution in [2.45, 2.75) is 72.6 Å². The van der Waals surface area contributed by atoms with Gasteiger partial charge in [-0.2, -0.15) is 0 Å². The second-order valence-corrected chi connectivity index (χ2v) is 12.2. The number of allylic oxidation sites excluding steroid dienone is 2. The lowest BCUT2D eigenvalue weighted by Gasteiger charge is -2.58. The maximum absolute atomic E-state index is 11.3. The van der Waals surface area contributed by atoms with E-state index < -0.39 is 15.6 Å². The number of phosphoric ester groups is 1. The van der Waals surface area contributed by atoms with Gasteiger partial charge in [0.1, 0.15) is 0 Å².